The molecule has 0 spiro atoms. The highest BCUT2D eigenvalue weighted by molar-refractivity contribution is 5.83. The maximum atomic E-state index is 13.9. The van der Waals surface area contributed by atoms with Crippen LogP contribution in [0.5, 0.6) is 0 Å². The topological polar surface area (TPSA) is 66.8 Å². The first-order chi connectivity index (χ1) is 15.9. The van der Waals surface area contributed by atoms with Gasteiger partial charge in [0.05, 0.1) is 23.6 Å². The normalized spacial score (nSPS) is 17.7. The first-order valence-electron chi connectivity index (χ1n) is 11.4. The molecule has 0 bridgehead atoms. The van der Waals surface area contributed by atoms with Crippen LogP contribution in [0.25, 0.3) is 22.2 Å². The molecule has 3 aromatic heterocycles. The number of halogens is 1. The van der Waals surface area contributed by atoms with Gasteiger partial charge in [0.2, 0.25) is 5.91 Å². The molecule has 4 aromatic rings. The third-order valence-corrected chi connectivity index (χ3v) is 6.73. The number of aryl methyl sites for hydroxylation is 1. The van der Waals surface area contributed by atoms with Crippen LogP contribution in [0.3, 0.4) is 0 Å². The molecule has 0 saturated carbocycles. The molecule has 170 valence electrons. The van der Waals surface area contributed by atoms with Gasteiger partial charge in [0.25, 0.3) is 0 Å². The van der Waals surface area contributed by atoms with Crippen LogP contribution in [0, 0.1) is 11.7 Å². The van der Waals surface area contributed by atoms with Gasteiger partial charge in [-0.2, -0.15) is 5.10 Å². The molecule has 0 aliphatic carbocycles. The van der Waals surface area contributed by atoms with Crippen LogP contribution in [-0.4, -0.2) is 42.6 Å². The lowest BCUT2D eigenvalue weighted by Gasteiger charge is -2.31. The molecular formula is C26H28FN5O. The fraction of sp³-hybridized carbons (Fsp3) is 0.346. The number of amides is 1. The Balaban J connectivity index is 1.27. The lowest BCUT2D eigenvalue weighted by Crippen LogP contribution is -2.42. The third kappa shape index (κ3) is 4.27. The van der Waals surface area contributed by atoms with Gasteiger partial charge in [0, 0.05) is 48.4 Å². The van der Waals surface area contributed by atoms with Crippen LogP contribution >= 0.6 is 0 Å². The van der Waals surface area contributed by atoms with Gasteiger partial charge in [-0.1, -0.05) is 18.2 Å². The largest absolute Gasteiger partial charge is 0.346 e. The number of rotatable bonds is 6. The summed E-state index contributed by atoms with van der Waals surface area (Å²) in [4.78, 5) is 19.6. The fourth-order valence-corrected chi connectivity index (χ4v) is 5.10. The number of benzene rings is 1. The Hall–Kier alpha value is -3.48. The molecule has 1 aromatic carbocycles. The molecule has 1 unspecified atom stereocenters. The second-order valence-corrected chi connectivity index (χ2v) is 9.56. The number of fused-ring (bicyclic) bond motifs is 1. The average molecular weight is 446 g/mol. The summed E-state index contributed by atoms with van der Waals surface area (Å²) in [6, 6.07) is 10.9. The van der Waals surface area contributed by atoms with E-state index in [9.17, 15) is 9.18 Å². The van der Waals surface area contributed by atoms with Crippen molar-refractivity contribution >= 4 is 16.8 Å². The van der Waals surface area contributed by atoms with Gasteiger partial charge >= 0.3 is 0 Å². The SMILES string of the molecule is CC1(C)CC(Cn2ccc3cc(-c4cn[nH]c4)ncc32)CN1C(=O)CCc1ccccc1F. The summed E-state index contributed by atoms with van der Waals surface area (Å²) < 4.78 is 16.2. The minimum Gasteiger partial charge on any atom is -0.346 e. The number of carbonyl (C=O) groups is 1. The van der Waals surface area contributed by atoms with Gasteiger partial charge in [0.15, 0.2) is 0 Å². The molecule has 1 aliphatic rings. The third-order valence-electron chi connectivity index (χ3n) is 6.73. The summed E-state index contributed by atoms with van der Waals surface area (Å²) in [7, 11) is 0. The average Bonchev–Trinajstić information content (AvgIpc) is 3.52. The van der Waals surface area contributed by atoms with E-state index in [-0.39, 0.29) is 17.3 Å². The Morgan fingerprint density at radius 1 is 1.24 bits per heavy atom. The Bertz CT molecular complexity index is 1280. The summed E-state index contributed by atoms with van der Waals surface area (Å²) in [5, 5.41) is 7.96. The minimum atomic E-state index is -0.243. The van der Waals surface area contributed by atoms with Crippen LogP contribution < -0.4 is 0 Å². The van der Waals surface area contributed by atoms with Crippen molar-refractivity contribution in [1.29, 1.82) is 0 Å². The molecule has 1 atom stereocenters. The quantitative estimate of drug-likeness (QED) is 0.462. The van der Waals surface area contributed by atoms with Crippen LogP contribution in [0.15, 0.2) is 61.2 Å². The monoisotopic (exact) mass is 445 g/mol. The molecule has 7 heteroatoms. The van der Waals surface area contributed by atoms with Gasteiger partial charge in [-0.25, -0.2) is 4.39 Å². The van der Waals surface area contributed by atoms with Crippen molar-refractivity contribution in [1.82, 2.24) is 24.6 Å². The fourth-order valence-electron chi connectivity index (χ4n) is 5.10. The van der Waals surface area contributed by atoms with Gasteiger partial charge in [-0.3, -0.25) is 14.9 Å². The predicted molar refractivity (Wildman–Crippen MR) is 126 cm³/mol. The number of hydrogen-bond acceptors (Lipinski definition) is 3. The summed E-state index contributed by atoms with van der Waals surface area (Å²) in [5.41, 5.74) is 3.33. The number of hydrogen-bond donors (Lipinski definition) is 1. The van der Waals surface area contributed by atoms with Crippen LogP contribution in [0.4, 0.5) is 4.39 Å². The molecular weight excluding hydrogens is 417 g/mol. The van der Waals surface area contributed by atoms with E-state index >= 15 is 0 Å². The summed E-state index contributed by atoms with van der Waals surface area (Å²) in [6.45, 7) is 5.79. The van der Waals surface area contributed by atoms with Gasteiger partial charge < -0.3 is 9.47 Å². The smallest absolute Gasteiger partial charge is 0.223 e. The Kier molecular flexibility index (Phi) is 5.48. The zero-order valence-electron chi connectivity index (χ0n) is 19.0. The molecule has 0 radical (unpaired) electrons. The molecule has 4 heterocycles. The van der Waals surface area contributed by atoms with Crippen LogP contribution in [0.1, 0.15) is 32.3 Å². The van der Waals surface area contributed by atoms with E-state index in [2.05, 4.69) is 51.9 Å². The second kappa shape index (κ2) is 8.46. The maximum Gasteiger partial charge on any atom is 0.223 e. The van der Waals surface area contributed by atoms with E-state index in [1.807, 2.05) is 23.4 Å². The van der Waals surface area contributed by atoms with Crippen molar-refractivity contribution in [2.75, 3.05) is 6.54 Å². The number of nitrogens with zero attached hydrogens (tertiary/aromatic N) is 4. The number of H-pyrrole nitrogens is 1. The van der Waals surface area contributed by atoms with Gasteiger partial charge in [-0.15, -0.1) is 0 Å². The molecule has 1 fully saturated rings. The van der Waals surface area contributed by atoms with Crippen molar-refractivity contribution < 1.29 is 9.18 Å². The number of likely N-dealkylation sites (tertiary alicyclic amines) is 1. The molecule has 1 aliphatic heterocycles. The molecule has 6 nitrogen and oxygen atoms in total. The summed E-state index contributed by atoms with van der Waals surface area (Å²) in [6.07, 6.45) is 9.29. The summed E-state index contributed by atoms with van der Waals surface area (Å²) in [5.74, 6) is 0.198. The lowest BCUT2D eigenvalue weighted by atomic mass is 9.96. The van der Waals surface area contributed by atoms with Crippen molar-refractivity contribution in [3.05, 3.63) is 72.6 Å². The number of carbonyl (C=O) groups excluding carboxylic acids is 1. The van der Waals surface area contributed by atoms with Crippen molar-refractivity contribution in [3.63, 3.8) is 0 Å². The molecule has 5 rings (SSSR count). The van der Waals surface area contributed by atoms with E-state index in [0.29, 0.717) is 30.9 Å². The second-order valence-electron chi connectivity index (χ2n) is 9.56. The molecule has 1 N–H and O–H groups in total. The lowest BCUT2D eigenvalue weighted by molar-refractivity contribution is -0.134. The van der Waals surface area contributed by atoms with Crippen molar-refractivity contribution in [2.45, 2.75) is 45.2 Å². The Morgan fingerprint density at radius 3 is 2.88 bits per heavy atom. The number of nitrogens with one attached hydrogen (secondary N) is 1. The van der Waals surface area contributed by atoms with Crippen LogP contribution in [0.2, 0.25) is 0 Å². The minimum absolute atomic E-state index is 0.0922. The maximum absolute atomic E-state index is 13.9. The van der Waals surface area contributed by atoms with E-state index < -0.39 is 0 Å². The van der Waals surface area contributed by atoms with Gasteiger partial charge in [0.1, 0.15) is 5.82 Å². The number of pyridine rings is 1. The number of aromatic amines is 1. The zero-order valence-corrected chi connectivity index (χ0v) is 19.0. The van der Waals surface area contributed by atoms with E-state index in [4.69, 9.17) is 0 Å². The van der Waals surface area contributed by atoms with Crippen molar-refractivity contribution in [3.8, 4) is 11.3 Å². The highest BCUT2D eigenvalue weighted by atomic mass is 19.1. The first-order valence-corrected chi connectivity index (χ1v) is 11.4. The van der Waals surface area contributed by atoms with Crippen LogP contribution in [-0.2, 0) is 17.8 Å². The molecule has 1 amide bonds. The van der Waals surface area contributed by atoms with E-state index in [0.717, 1.165) is 35.1 Å². The summed E-state index contributed by atoms with van der Waals surface area (Å²) >= 11 is 0. The first kappa shape index (κ1) is 21.4. The van der Waals surface area contributed by atoms with Gasteiger partial charge in [-0.05, 0) is 56.4 Å². The highest BCUT2D eigenvalue weighted by Crippen LogP contribution is 2.35. The van der Waals surface area contributed by atoms with E-state index in [1.165, 1.54) is 6.07 Å². The van der Waals surface area contributed by atoms with E-state index in [1.54, 1.807) is 18.3 Å². The highest BCUT2D eigenvalue weighted by Gasteiger charge is 2.40. The molecule has 1 saturated heterocycles. The Labute approximate surface area is 192 Å². The Morgan fingerprint density at radius 2 is 2.09 bits per heavy atom. The standard InChI is InChI=1S/C26H28FN5O/c1-26(2)12-18(17-32(26)25(33)8-7-19-5-3-4-6-22(19)27)16-31-10-9-20-11-23(28-15-24(20)31)21-13-29-30-14-21/h3-6,9-11,13-15,18H,7-8,12,16-17H2,1-2H3,(H,29,30). The number of aromatic nitrogens is 4. The zero-order chi connectivity index (χ0) is 23.0. The van der Waals surface area contributed by atoms with Crippen molar-refractivity contribution in [2.24, 2.45) is 5.92 Å². The predicted octanol–water partition coefficient (Wildman–Crippen LogP) is 4.83. The molecule has 33 heavy (non-hydrogen) atoms.